The van der Waals surface area contributed by atoms with Crippen LogP contribution in [0.3, 0.4) is 0 Å². The quantitative estimate of drug-likeness (QED) is 0.710. The van der Waals surface area contributed by atoms with Crippen LogP contribution < -0.4 is 15.0 Å². The number of amides is 2. The maximum atomic E-state index is 12.9. The van der Waals surface area contributed by atoms with Crippen LogP contribution >= 0.6 is 0 Å². The highest BCUT2D eigenvalue weighted by Gasteiger charge is 2.36. The first-order valence-corrected chi connectivity index (χ1v) is 9.79. The molecule has 158 valence electrons. The van der Waals surface area contributed by atoms with E-state index >= 15 is 0 Å². The highest BCUT2D eigenvalue weighted by atomic mass is 16.5. The SMILES string of the molecule is COC(=O)CC(NC(=O)C1CC(=O)N(c2ccc(OC)cc2)C1)c1ccc(C)cc1. The average molecular weight is 410 g/mol. The molecule has 1 saturated heterocycles. The second-order valence-corrected chi connectivity index (χ2v) is 7.36. The summed E-state index contributed by atoms with van der Waals surface area (Å²) in [6, 6.07) is 14.2. The molecule has 0 bridgehead atoms. The van der Waals surface area contributed by atoms with E-state index in [4.69, 9.17) is 9.47 Å². The Morgan fingerprint density at radius 2 is 1.77 bits per heavy atom. The Kier molecular flexibility index (Phi) is 6.72. The van der Waals surface area contributed by atoms with E-state index in [9.17, 15) is 14.4 Å². The van der Waals surface area contributed by atoms with Gasteiger partial charge in [0.1, 0.15) is 5.75 Å². The second-order valence-electron chi connectivity index (χ2n) is 7.36. The van der Waals surface area contributed by atoms with Crippen molar-refractivity contribution in [1.82, 2.24) is 5.32 Å². The summed E-state index contributed by atoms with van der Waals surface area (Å²) in [6.45, 7) is 2.26. The third kappa shape index (κ3) is 4.97. The standard InChI is InChI=1S/C23H26N2O5/c1-15-4-6-16(7-5-15)20(13-22(27)30-3)24-23(28)17-12-21(26)25(14-17)18-8-10-19(29-2)11-9-18/h4-11,17,20H,12-14H2,1-3H3,(H,24,28). The van der Waals surface area contributed by atoms with E-state index in [1.807, 2.05) is 31.2 Å². The van der Waals surface area contributed by atoms with Gasteiger partial charge in [-0.1, -0.05) is 29.8 Å². The third-order valence-electron chi connectivity index (χ3n) is 5.27. The first kappa shape index (κ1) is 21.4. The zero-order valence-corrected chi connectivity index (χ0v) is 17.4. The molecule has 0 radical (unpaired) electrons. The fourth-order valence-corrected chi connectivity index (χ4v) is 3.49. The first-order valence-electron chi connectivity index (χ1n) is 9.79. The van der Waals surface area contributed by atoms with Crippen molar-refractivity contribution in [2.75, 3.05) is 25.7 Å². The Hall–Kier alpha value is -3.35. The molecule has 7 heteroatoms. The molecule has 2 aromatic rings. The number of aryl methyl sites for hydroxylation is 1. The molecule has 0 saturated carbocycles. The Morgan fingerprint density at radius 1 is 1.10 bits per heavy atom. The third-order valence-corrected chi connectivity index (χ3v) is 5.27. The Labute approximate surface area is 176 Å². The van der Waals surface area contributed by atoms with Crippen LogP contribution in [0.1, 0.15) is 30.0 Å². The van der Waals surface area contributed by atoms with Gasteiger partial charge < -0.3 is 19.7 Å². The van der Waals surface area contributed by atoms with Crippen LogP contribution in [0.4, 0.5) is 5.69 Å². The molecule has 1 heterocycles. The van der Waals surface area contributed by atoms with Crippen molar-refractivity contribution in [3.05, 3.63) is 59.7 Å². The summed E-state index contributed by atoms with van der Waals surface area (Å²) < 4.78 is 9.93. The molecule has 7 nitrogen and oxygen atoms in total. The number of hydrogen-bond donors (Lipinski definition) is 1. The molecular weight excluding hydrogens is 384 g/mol. The molecule has 1 aliphatic heterocycles. The number of nitrogens with one attached hydrogen (secondary N) is 1. The first-order chi connectivity index (χ1) is 14.4. The van der Waals surface area contributed by atoms with E-state index in [0.717, 1.165) is 16.8 Å². The van der Waals surface area contributed by atoms with Gasteiger partial charge in [0.25, 0.3) is 0 Å². The van der Waals surface area contributed by atoms with Crippen molar-refractivity contribution < 1.29 is 23.9 Å². The van der Waals surface area contributed by atoms with Crippen molar-refractivity contribution in [2.45, 2.75) is 25.8 Å². The van der Waals surface area contributed by atoms with Gasteiger partial charge in [-0.3, -0.25) is 14.4 Å². The highest BCUT2D eigenvalue weighted by molar-refractivity contribution is 6.00. The van der Waals surface area contributed by atoms with E-state index in [2.05, 4.69) is 5.32 Å². The van der Waals surface area contributed by atoms with Gasteiger partial charge in [0.05, 0.1) is 32.6 Å². The van der Waals surface area contributed by atoms with Crippen molar-refractivity contribution in [2.24, 2.45) is 5.92 Å². The molecule has 2 unspecified atom stereocenters. The minimum absolute atomic E-state index is 0.0220. The number of carbonyl (C=O) groups is 3. The Balaban J connectivity index is 1.71. The zero-order chi connectivity index (χ0) is 21.7. The maximum absolute atomic E-state index is 12.9. The summed E-state index contributed by atoms with van der Waals surface area (Å²) in [6.07, 6.45) is 0.144. The molecule has 0 spiro atoms. The number of benzene rings is 2. The minimum Gasteiger partial charge on any atom is -0.497 e. The van der Waals surface area contributed by atoms with Crippen LogP contribution in [0.2, 0.25) is 0 Å². The molecule has 3 rings (SSSR count). The number of ether oxygens (including phenoxy) is 2. The largest absolute Gasteiger partial charge is 0.497 e. The van der Waals surface area contributed by atoms with E-state index in [-0.39, 0.29) is 31.2 Å². The van der Waals surface area contributed by atoms with Crippen molar-refractivity contribution in [3.8, 4) is 5.75 Å². The number of rotatable bonds is 7. The monoisotopic (exact) mass is 410 g/mol. The summed E-state index contributed by atoms with van der Waals surface area (Å²) >= 11 is 0. The summed E-state index contributed by atoms with van der Waals surface area (Å²) in [5, 5.41) is 2.93. The average Bonchev–Trinajstić information content (AvgIpc) is 3.15. The van der Waals surface area contributed by atoms with Crippen LogP contribution in [0.25, 0.3) is 0 Å². The van der Waals surface area contributed by atoms with Gasteiger partial charge in [-0.25, -0.2) is 0 Å². The number of methoxy groups -OCH3 is 2. The van der Waals surface area contributed by atoms with Gasteiger partial charge in [-0.2, -0.15) is 0 Å². The van der Waals surface area contributed by atoms with Crippen molar-refractivity contribution in [1.29, 1.82) is 0 Å². The summed E-state index contributed by atoms with van der Waals surface area (Å²) in [7, 11) is 2.90. The van der Waals surface area contributed by atoms with Gasteiger partial charge in [-0.05, 0) is 36.8 Å². The molecule has 2 atom stereocenters. The molecule has 0 aromatic heterocycles. The van der Waals surface area contributed by atoms with Gasteiger partial charge in [-0.15, -0.1) is 0 Å². The predicted octanol–water partition coefficient (Wildman–Crippen LogP) is 2.78. The van der Waals surface area contributed by atoms with E-state index in [0.29, 0.717) is 5.75 Å². The lowest BCUT2D eigenvalue weighted by molar-refractivity contribution is -0.141. The molecule has 1 aliphatic rings. The van der Waals surface area contributed by atoms with Crippen LogP contribution in [-0.2, 0) is 19.1 Å². The van der Waals surface area contributed by atoms with Gasteiger partial charge >= 0.3 is 5.97 Å². The number of nitrogens with zero attached hydrogens (tertiary/aromatic N) is 1. The summed E-state index contributed by atoms with van der Waals surface area (Å²) in [5.74, 6) is -0.578. The van der Waals surface area contributed by atoms with Crippen molar-refractivity contribution >= 4 is 23.5 Å². The highest BCUT2D eigenvalue weighted by Crippen LogP contribution is 2.28. The van der Waals surface area contributed by atoms with Gasteiger partial charge in [0, 0.05) is 18.7 Å². The molecule has 1 N–H and O–H groups in total. The number of anilines is 1. The summed E-state index contributed by atoms with van der Waals surface area (Å²) in [4.78, 5) is 38.9. The maximum Gasteiger partial charge on any atom is 0.307 e. The molecule has 2 amide bonds. The zero-order valence-electron chi connectivity index (χ0n) is 17.4. The Morgan fingerprint density at radius 3 is 2.37 bits per heavy atom. The molecule has 1 fully saturated rings. The van der Waals surface area contributed by atoms with Crippen LogP contribution in [0.15, 0.2) is 48.5 Å². The van der Waals surface area contributed by atoms with E-state index < -0.39 is 17.9 Å². The fourth-order valence-electron chi connectivity index (χ4n) is 3.49. The number of hydrogen-bond acceptors (Lipinski definition) is 5. The molecule has 30 heavy (non-hydrogen) atoms. The van der Waals surface area contributed by atoms with Gasteiger partial charge in [0.15, 0.2) is 0 Å². The lowest BCUT2D eigenvalue weighted by Crippen LogP contribution is -2.36. The minimum atomic E-state index is -0.518. The normalized spacial score (nSPS) is 16.8. The van der Waals surface area contributed by atoms with Crippen molar-refractivity contribution in [3.63, 3.8) is 0 Å². The predicted molar refractivity (Wildman–Crippen MR) is 112 cm³/mol. The topological polar surface area (TPSA) is 84.9 Å². The molecular formula is C23H26N2O5. The van der Waals surface area contributed by atoms with E-state index in [1.54, 1.807) is 36.3 Å². The second kappa shape index (κ2) is 9.43. The molecule has 0 aliphatic carbocycles. The van der Waals surface area contributed by atoms with E-state index in [1.165, 1.54) is 7.11 Å². The van der Waals surface area contributed by atoms with Crippen LogP contribution in [0, 0.1) is 12.8 Å². The fraction of sp³-hybridized carbons (Fsp3) is 0.348. The van der Waals surface area contributed by atoms with Crippen LogP contribution in [-0.4, -0.2) is 38.5 Å². The number of carbonyl (C=O) groups excluding carboxylic acids is 3. The molecule has 2 aromatic carbocycles. The lowest BCUT2D eigenvalue weighted by atomic mass is 10.0. The lowest BCUT2D eigenvalue weighted by Gasteiger charge is -2.21. The van der Waals surface area contributed by atoms with Gasteiger partial charge in [0.2, 0.25) is 11.8 Å². The summed E-state index contributed by atoms with van der Waals surface area (Å²) in [5.41, 5.74) is 2.62. The number of esters is 1. The Bertz CT molecular complexity index is 908. The smallest absolute Gasteiger partial charge is 0.307 e. The van der Waals surface area contributed by atoms with Crippen LogP contribution in [0.5, 0.6) is 5.75 Å².